The minimum atomic E-state index is -3.62. The fourth-order valence-corrected chi connectivity index (χ4v) is 3.11. The van der Waals surface area contributed by atoms with Crippen molar-refractivity contribution in [3.8, 4) is 0 Å². The molecule has 1 N–H and O–H groups in total. The second kappa shape index (κ2) is 5.73. The molecule has 0 fully saturated rings. The van der Waals surface area contributed by atoms with Crippen molar-refractivity contribution in [3.63, 3.8) is 0 Å². The highest BCUT2D eigenvalue weighted by Gasteiger charge is 2.18. The molecule has 0 aliphatic rings. The van der Waals surface area contributed by atoms with Crippen LogP contribution in [0.5, 0.6) is 0 Å². The molecule has 0 aliphatic heterocycles. The van der Waals surface area contributed by atoms with Crippen molar-refractivity contribution in [3.05, 3.63) is 47.6 Å². The van der Waals surface area contributed by atoms with Crippen LogP contribution in [0.15, 0.2) is 46.2 Å². The first-order valence-electron chi connectivity index (χ1n) is 5.62. The normalized spacial score (nSPS) is 13.4. The van der Waals surface area contributed by atoms with Gasteiger partial charge in [-0.25, -0.2) is 13.1 Å². The Hall–Kier alpha value is -1.37. The van der Waals surface area contributed by atoms with Gasteiger partial charge in [0.25, 0.3) is 0 Å². The molecule has 0 amide bonds. The van der Waals surface area contributed by atoms with Gasteiger partial charge in [-0.2, -0.15) is 0 Å². The summed E-state index contributed by atoms with van der Waals surface area (Å²) in [5, 5.41) is 0.279. The predicted octanol–water partition coefficient (Wildman–Crippen LogP) is 2.24. The van der Waals surface area contributed by atoms with Crippen LogP contribution in [0.25, 0.3) is 0 Å². The smallest absolute Gasteiger partial charge is 0.242 e. The first-order valence-corrected chi connectivity index (χ1v) is 7.49. The number of furan rings is 1. The van der Waals surface area contributed by atoms with Gasteiger partial charge >= 0.3 is 0 Å². The van der Waals surface area contributed by atoms with Crippen molar-refractivity contribution < 1.29 is 12.8 Å². The highest BCUT2D eigenvalue weighted by atomic mass is 35.5. The SMILES string of the molecule is CC(Cc1ccco1)NS(=O)(=O)c1cncc(Cl)c1. The average molecular weight is 301 g/mol. The molecule has 7 heteroatoms. The molecule has 0 aliphatic carbocycles. The monoisotopic (exact) mass is 300 g/mol. The van der Waals surface area contributed by atoms with Crippen LogP contribution >= 0.6 is 11.6 Å². The second-order valence-electron chi connectivity index (χ2n) is 4.14. The number of aromatic nitrogens is 1. The fourth-order valence-electron chi connectivity index (χ4n) is 1.64. The van der Waals surface area contributed by atoms with E-state index < -0.39 is 10.0 Å². The number of nitrogens with zero attached hydrogens (tertiary/aromatic N) is 1. The number of hydrogen-bond donors (Lipinski definition) is 1. The highest BCUT2D eigenvalue weighted by Crippen LogP contribution is 2.14. The predicted molar refractivity (Wildman–Crippen MR) is 71.4 cm³/mol. The van der Waals surface area contributed by atoms with Gasteiger partial charge in [0, 0.05) is 24.9 Å². The molecule has 2 heterocycles. The molecule has 19 heavy (non-hydrogen) atoms. The van der Waals surface area contributed by atoms with Gasteiger partial charge in [-0.15, -0.1) is 0 Å². The zero-order chi connectivity index (χ0) is 13.9. The number of pyridine rings is 1. The lowest BCUT2D eigenvalue weighted by Crippen LogP contribution is -2.34. The summed E-state index contributed by atoms with van der Waals surface area (Å²) < 4.78 is 31.9. The third kappa shape index (κ3) is 3.79. The van der Waals surface area contributed by atoms with Crippen molar-refractivity contribution >= 4 is 21.6 Å². The highest BCUT2D eigenvalue weighted by molar-refractivity contribution is 7.89. The average Bonchev–Trinajstić information content (AvgIpc) is 2.81. The van der Waals surface area contributed by atoms with E-state index in [1.165, 1.54) is 18.5 Å². The lowest BCUT2D eigenvalue weighted by atomic mass is 10.2. The van der Waals surface area contributed by atoms with Crippen molar-refractivity contribution in [2.45, 2.75) is 24.3 Å². The number of halogens is 1. The van der Waals surface area contributed by atoms with Crippen molar-refractivity contribution in [1.29, 1.82) is 0 Å². The Morgan fingerprint density at radius 1 is 1.47 bits per heavy atom. The summed E-state index contributed by atoms with van der Waals surface area (Å²) >= 11 is 5.73. The maximum Gasteiger partial charge on any atom is 0.242 e. The minimum absolute atomic E-state index is 0.0475. The molecule has 0 radical (unpaired) electrons. The van der Waals surface area contributed by atoms with Crippen LogP contribution in [0.1, 0.15) is 12.7 Å². The second-order valence-corrected chi connectivity index (χ2v) is 6.30. The summed E-state index contributed by atoms with van der Waals surface area (Å²) in [7, 11) is -3.62. The summed E-state index contributed by atoms with van der Waals surface area (Å²) in [5.74, 6) is 0.722. The van der Waals surface area contributed by atoms with Gasteiger partial charge in [-0.05, 0) is 25.1 Å². The Morgan fingerprint density at radius 3 is 2.89 bits per heavy atom. The Morgan fingerprint density at radius 2 is 2.26 bits per heavy atom. The van der Waals surface area contributed by atoms with E-state index in [1.54, 1.807) is 25.3 Å². The quantitative estimate of drug-likeness (QED) is 0.919. The molecule has 5 nitrogen and oxygen atoms in total. The Bertz CT molecular complexity index is 641. The van der Waals surface area contributed by atoms with Crippen molar-refractivity contribution in [2.24, 2.45) is 0 Å². The van der Waals surface area contributed by atoms with Gasteiger partial charge in [0.2, 0.25) is 10.0 Å². The van der Waals surface area contributed by atoms with Crippen molar-refractivity contribution in [2.75, 3.05) is 0 Å². The number of rotatable bonds is 5. The lowest BCUT2D eigenvalue weighted by molar-refractivity contribution is 0.479. The molecule has 0 spiro atoms. The fraction of sp³-hybridized carbons (Fsp3) is 0.250. The minimum Gasteiger partial charge on any atom is -0.469 e. The topological polar surface area (TPSA) is 72.2 Å². The molecule has 0 aromatic carbocycles. The van der Waals surface area contributed by atoms with Crippen LogP contribution in [0.4, 0.5) is 0 Å². The van der Waals surface area contributed by atoms with E-state index in [0.717, 1.165) is 5.76 Å². The first-order chi connectivity index (χ1) is 8.97. The third-order valence-corrected chi connectivity index (χ3v) is 4.20. The third-order valence-electron chi connectivity index (χ3n) is 2.43. The van der Waals surface area contributed by atoms with Gasteiger partial charge in [0.15, 0.2) is 0 Å². The van der Waals surface area contributed by atoms with Crippen molar-refractivity contribution in [1.82, 2.24) is 9.71 Å². The van der Waals surface area contributed by atoms with Gasteiger partial charge in [-0.3, -0.25) is 4.98 Å². The lowest BCUT2D eigenvalue weighted by Gasteiger charge is -2.12. The molecule has 2 aromatic heterocycles. The molecular formula is C12H13ClN2O3S. The summed E-state index contributed by atoms with van der Waals surface area (Å²) in [4.78, 5) is 3.81. The Kier molecular flexibility index (Phi) is 4.24. The molecule has 2 rings (SSSR count). The maximum atomic E-state index is 12.1. The molecular weight excluding hydrogens is 288 g/mol. The van der Waals surface area contributed by atoms with Crippen LogP contribution in [0.2, 0.25) is 5.02 Å². The first kappa shape index (κ1) is 14.0. The number of sulfonamides is 1. The van der Waals surface area contributed by atoms with Crippen LogP contribution in [-0.4, -0.2) is 19.4 Å². The Balaban J connectivity index is 2.09. The van der Waals surface area contributed by atoms with Gasteiger partial charge in [-0.1, -0.05) is 11.6 Å². The van der Waals surface area contributed by atoms with E-state index in [4.69, 9.17) is 16.0 Å². The molecule has 0 saturated heterocycles. The Labute approximate surface area is 116 Å². The summed E-state index contributed by atoms with van der Waals surface area (Å²) in [6.07, 6.45) is 4.67. The van der Waals surface area contributed by atoms with Crippen LogP contribution in [0, 0.1) is 0 Å². The number of nitrogens with one attached hydrogen (secondary N) is 1. The van der Waals surface area contributed by atoms with Gasteiger partial charge in [0.05, 0.1) is 11.3 Å². The van der Waals surface area contributed by atoms with E-state index in [-0.39, 0.29) is 16.0 Å². The van der Waals surface area contributed by atoms with Crippen LogP contribution in [0.3, 0.4) is 0 Å². The van der Waals surface area contributed by atoms with E-state index >= 15 is 0 Å². The molecule has 102 valence electrons. The van der Waals surface area contributed by atoms with Crippen LogP contribution in [-0.2, 0) is 16.4 Å². The van der Waals surface area contributed by atoms with E-state index in [9.17, 15) is 8.42 Å². The molecule has 2 aromatic rings. The van der Waals surface area contributed by atoms with E-state index in [2.05, 4.69) is 9.71 Å². The van der Waals surface area contributed by atoms with Crippen LogP contribution < -0.4 is 4.72 Å². The standard InChI is InChI=1S/C12H13ClN2O3S/c1-9(5-11-3-2-4-18-11)15-19(16,17)12-6-10(13)7-14-8-12/h2-4,6-9,15H,5H2,1H3. The summed E-state index contributed by atoms with van der Waals surface area (Å²) in [6.45, 7) is 1.76. The summed E-state index contributed by atoms with van der Waals surface area (Å²) in [6, 6.07) is 4.62. The maximum absolute atomic E-state index is 12.1. The number of hydrogen-bond acceptors (Lipinski definition) is 4. The largest absolute Gasteiger partial charge is 0.469 e. The zero-order valence-corrected chi connectivity index (χ0v) is 11.8. The molecule has 1 unspecified atom stereocenters. The summed E-state index contributed by atoms with van der Waals surface area (Å²) in [5.41, 5.74) is 0. The zero-order valence-electron chi connectivity index (χ0n) is 10.2. The van der Waals surface area contributed by atoms with Gasteiger partial charge in [0.1, 0.15) is 10.7 Å². The van der Waals surface area contributed by atoms with E-state index in [1.807, 2.05) is 0 Å². The molecule has 1 atom stereocenters. The van der Waals surface area contributed by atoms with Gasteiger partial charge < -0.3 is 4.42 Å². The molecule has 0 bridgehead atoms. The van der Waals surface area contributed by atoms with E-state index in [0.29, 0.717) is 6.42 Å². The molecule has 0 saturated carbocycles.